The van der Waals surface area contributed by atoms with Crippen LogP contribution >= 0.6 is 0 Å². The van der Waals surface area contributed by atoms with Crippen LogP contribution in [0.1, 0.15) is 132 Å². The molecule has 0 saturated heterocycles. The molecule has 0 amide bonds. The number of benzene rings is 2. The van der Waals surface area contributed by atoms with E-state index >= 15 is 0 Å². The van der Waals surface area contributed by atoms with Crippen molar-refractivity contribution >= 4 is 18.3 Å². The molecule has 1 saturated carbocycles. The summed E-state index contributed by atoms with van der Waals surface area (Å²) in [5.41, 5.74) is 7.29. The summed E-state index contributed by atoms with van der Waals surface area (Å²) in [6, 6.07) is 18.2. The number of hydrogen-bond acceptors (Lipinski definition) is 5. The van der Waals surface area contributed by atoms with Crippen molar-refractivity contribution in [1.29, 1.82) is 0 Å². The van der Waals surface area contributed by atoms with E-state index in [4.69, 9.17) is 24.1 Å². The lowest BCUT2D eigenvalue weighted by atomic mass is 9.95. The van der Waals surface area contributed by atoms with Gasteiger partial charge in [-0.15, -0.1) is 0 Å². The lowest BCUT2D eigenvalue weighted by Gasteiger charge is -2.16. The van der Waals surface area contributed by atoms with E-state index in [0.29, 0.717) is 12.5 Å². The molecule has 5 heteroatoms. The van der Waals surface area contributed by atoms with Gasteiger partial charge in [0.05, 0.1) is 13.7 Å². The fourth-order valence-electron chi connectivity index (χ4n) is 3.66. The maximum Gasteiger partial charge on any atom is 0.122 e. The number of aliphatic imine (C=N–C) groups is 1. The van der Waals surface area contributed by atoms with Crippen LogP contribution < -0.4 is 4.74 Å². The molecule has 1 aliphatic carbocycles. The molecule has 0 aliphatic heterocycles. The standard InChI is InChI=1S/C16H29N.C9H12O.C8H10O.C3H6.2C2H4O.C2H6/c1-8-10-16(11-9-2)15(7)17-14(6)13(5)12(3)4;1-3-8-6-4-5-7-9(8)10-2;1-9-7-8-5-3-2-4-6-8;1-2-3-1;2*1-2-3;1-2/h16H,7-11H2,1-6H3;4-7H,3H2,1-2H3;2-6H,7H2,1H3;1-3H2;2*2H,1H3;1-2H3. The number of allylic oxidation sites excluding steroid dienone is 3. The van der Waals surface area contributed by atoms with Crippen molar-refractivity contribution < 1.29 is 19.1 Å². The first-order chi connectivity index (χ1) is 22.6. The molecular weight excluding hydrogens is 582 g/mol. The Morgan fingerprint density at radius 3 is 1.60 bits per heavy atom. The Morgan fingerprint density at radius 1 is 0.809 bits per heavy atom. The number of carbonyl (C=O) groups excluding carboxylic acids is 2. The number of methoxy groups -OCH3 is 2. The van der Waals surface area contributed by atoms with E-state index < -0.39 is 0 Å². The lowest BCUT2D eigenvalue weighted by molar-refractivity contribution is -0.106. The predicted octanol–water partition coefficient (Wildman–Crippen LogP) is 12.2. The molecular formula is C42H71NO4. The lowest BCUT2D eigenvalue weighted by Crippen LogP contribution is -2.05. The van der Waals surface area contributed by atoms with Gasteiger partial charge in [0.2, 0.25) is 0 Å². The average Bonchev–Trinajstić information content (AvgIpc) is 3.97. The maximum absolute atomic E-state index is 8.81. The van der Waals surface area contributed by atoms with Gasteiger partial charge in [-0.1, -0.05) is 127 Å². The molecule has 268 valence electrons. The minimum atomic E-state index is 0.560. The minimum absolute atomic E-state index is 0.560. The largest absolute Gasteiger partial charge is 0.496 e. The molecule has 3 rings (SSSR count). The van der Waals surface area contributed by atoms with E-state index in [1.165, 1.54) is 81.1 Å². The molecule has 0 spiro atoms. The summed E-state index contributed by atoms with van der Waals surface area (Å²) in [5, 5.41) is 0. The van der Waals surface area contributed by atoms with Gasteiger partial charge in [-0.25, -0.2) is 0 Å². The molecule has 0 heterocycles. The fourth-order valence-corrected chi connectivity index (χ4v) is 3.66. The monoisotopic (exact) mass is 654 g/mol. The summed E-state index contributed by atoms with van der Waals surface area (Å²) in [6.07, 6.45) is 11.9. The fraction of sp³-hybridized carbons (Fsp3) is 0.548. The summed E-state index contributed by atoms with van der Waals surface area (Å²) in [6.45, 7) is 26.8. The van der Waals surface area contributed by atoms with E-state index in [0.717, 1.165) is 36.2 Å². The predicted molar refractivity (Wildman–Crippen MR) is 208 cm³/mol. The number of carbonyl (C=O) groups is 2. The number of ether oxygens (including phenoxy) is 2. The minimum Gasteiger partial charge on any atom is -0.496 e. The van der Waals surface area contributed by atoms with Gasteiger partial charge in [-0.3, -0.25) is 4.99 Å². The number of hydrogen-bond donors (Lipinski definition) is 0. The third-order valence-electron chi connectivity index (χ3n) is 6.43. The Kier molecular flexibility index (Phi) is 41.8. The first-order valence-corrected chi connectivity index (χ1v) is 17.4. The van der Waals surface area contributed by atoms with Crippen LogP contribution in [-0.4, -0.2) is 32.5 Å². The molecule has 0 atom stereocenters. The molecule has 0 unspecified atom stereocenters. The Morgan fingerprint density at radius 2 is 1.26 bits per heavy atom. The molecule has 5 nitrogen and oxygen atoms in total. The smallest absolute Gasteiger partial charge is 0.122 e. The molecule has 0 radical (unpaired) electrons. The van der Waals surface area contributed by atoms with E-state index in [9.17, 15) is 0 Å². The van der Waals surface area contributed by atoms with Crippen LogP contribution in [0.25, 0.3) is 0 Å². The van der Waals surface area contributed by atoms with Crippen LogP contribution in [-0.2, 0) is 27.4 Å². The highest BCUT2D eigenvalue weighted by molar-refractivity contribution is 5.98. The zero-order valence-electron chi connectivity index (χ0n) is 32.6. The topological polar surface area (TPSA) is 65.0 Å². The zero-order valence-corrected chi connectivity index (χ0v) is 32.6. The molecule has 0 N–H and O–H groups in total. The van der Waals surface area contributed by atoms with Crippen molar-refractivity contribution in [3.63, 3.8) is 0 Å². The molecule has 2 aromatic rings. The van der Waals surface area contributed by atoms with Crippen molar-refractivity contribution in [2.75, 3.05) is 14.2 Å². The number of para-hydroxylation sites is 1. The Labute approximate surface area is 291 Å². The van der Waals surface area contributed by atoms with Crippen LogP contribution in [0.4, 0.5) is 0 Å². The highest BCUT2D eigenvalue weighted by Gasteiger charge is 2.11. The van der Waals surface area contributed by atoms with E-state index in [2.05, 4.69) is 61.1 Å². The van der Waals surface area contributed by atoms with E-state index in [1.807, 2.05) is 62.4 Å². The van der Waals surface area contributed by atoms with Crippen molar-refractivity contribution in [3.05, 3.63) is 89.1 Å². The maximum atomic E-state index is 8.81. The molecule has 0 bridgehead atoms. The van der Waals surface area contributed by atoms with Crippen LogP contribution in [0.15, 0.2) is 83.0 Å². The van der Waals surface area contributed by atoms with Crippen LogP contribution in [0.3, 0.4) is 0 Å². The van der Waals surface area contributed by atoms with Gasteiger partial charge in [0.1, 0.15) is 18.3 Å². The average molecular weight is 654 g/mol. The summed E-state index contributed by atoms with van der Waals surface area (Å²) < 4.78 is 10.1. The van der Waals surface area contributed by atoms with Crippen molar-refractivity contribution in [2.45, 2.75) is 134 Å². The normalized spacial score (nSPS) is 10.3. The zero-order chi connectivity index (χ0) is 36.9. The number of aldehydes is 2. The number of nitrogens with zero attached hydrogens (tertiary/aromatic N) is 1. The summed E-state index contributed by atoms with van der Waals surface area (Å²) >= 11 is 0. The molecule has 47 heavy (non-hydrogen) atoms. The number of aryl methyl sites for hydroxylation is 1. The second-order valence-corrected chi connectivity index (χ2v) is 10.7. The summed E-state index contributed by atoms with van der Waals surface area (Å²) in [5.74, 6) is 1.55. The van der Waals surface area contributed by atoms with E-state index in [-0.39, 0.29) is 0 Å². The van der Waals surface area contributed by atoms with Gasteiger partial charge >= 0.3 is 0 Å². The molecule has 1 aliphatic rings. The summed E-state index contributed by atoms with van der Waals surface area (Å²) in [7, 11) is 3.40. The molecule has 0 aromatic heterocycles. The van der Waals surface area contributed by atoms with Gasteiger partial charge in [0, 0.05) is 24.4 Å². The van der Waals surface area contributed by atoms with Gasteiger partial charge in [-0.2, -0.15) is 0 Å². The third-order valence-corrected chi connectivity index (χ3v) is 6.43. The van der Waals surface area contributed by atoms with Crippen LogP contribution in [0.5, 0.6) is 5.75 Å². The van der Waals surface area contributed by atoms with Crippen molar-refractivity contribution in [2.24, 2.45) is 10.9 Å². The SMILES string of the molecule is C1CC1.C=C(N=C(C)C(C)=C(C)C)C(CCC)CCC.CC.CC=O.CC=O.CCc1ccccc1OC.COCc1ccccc1. The first kappa shape index (κ1) is 50.5. The van der Waals surface area contributed by atoms with Gasteiger partial charge in [0.25, 0.3) is 0 Å². The Hall–Kier alpha value is -3.31. The van der Waals surface area contributed by atoms with Gasteiger partial charge < -0.3 is 19.1 Å². The quantitative estimate of drug-likeness (QED) is 0.179. The van der Waals surface area contributed by atoms with Crippen LogP contribution in [0.2, 0.25) is 0 Å². The second-order valence-electron chi connectivity index (χ2n) is 10.7. The van der Waals surface area contributed by atoms with Gasteiger partial charge in [-0.05, 0) is 83.6 Å². The van der Waals surface area contributed by atoms with E-state index in [1.54, 1.807) is 14.2 Å². The Balaban J connectivity index is -0.000000263. The van der Waals surface area contributed by atoms with Gasteiger partial charge in [0.15, 0.2) is 0 Å². The Bertz CT molecular complexity index is 1010. The summed E-state index contributed by atoms with van der Waals surface area (Å²) in [4.78, 5) is 22.3. The molecule has 2 aromatic carbocycles. The first-order valence-electron chi connectivity index (χ1n) is 17.4. The molecule has 1 fully saturated rings. The van der Waals surface area contributed by atoms with Crippen molar-refractivity contribution in [1.82, 2.24) is 0 Å². The highest BCUT2D eigenvalue weighted by Crippen LogP contribution is 2.23. The highest BCUT2D eigenvalue weighted by atomic mass is 16.5. The third kappa shape index (κ3) is 33.9. The van der Waals surface area contributed by atoms with Crippen molar-refractivity contribution in [3.8, 4) is 5.75 Å². The number of rotatable bonds is 11. The second kappa shape index (κ2) is 38.9. The van der Waals surface area contributed by atoms with Crippen LogP contribution in [0, 0.1) is 5.92 Å².